The molecule has 1 aliphatic heterocycles. The van der Waals surface area contributed by atoms with E-state index in [-0.39, 0.29) is 5.91 Å². The second-order valence-electron chi connectivity index (χ2n) is 10.4. The van der Waals surface area contributed by atoms with Gasteiger partial charge in [0.15, 0.2) is 0 Å². The van der Waals surface area contributed by atoms with Crippen LogP contribution in [0.4, 0.5) is 27.5 Å². The number of carbonyl (C=O) groups is 2. The van der Waals surface area contributed by atoms with E-state index in [2.05, 4.69) is 31.8 Å². The van der Waals surface area contributed by atoms with Gasteiger partial charge in [0.25, 0.3) is 5.91 Å². The fourth-order valence-corrected chi connectivity index (χ4v) is 5.31. The molecule has 44 heavy (non-hydrogen) atoms. The van der Waals surface area contributed by atoms with E-state index in [0.717, 1.165) is 61.0 Å². The maximum Gasteiger partial charge on any atom is 0.323 e. The molecule has 228 valence electrons. The number of para-hydroxylation sites is 2. The van der Waals surface area contributed by atoms with Crippen LogP contribution in [0.1, 0.15) is 22.8 Å². The van der Waals surface area contributed by atoms with E-state index >= 15 is 0 Å². The smallest absolute Gasteiger partial charge is 0.323 e. The van der Waals surface area contributed by atoms with Crippen molar-refractivity contribution in [2.45, 2.75) is 13.3 Å². The first-order valence-electron chi connectivity index (χ1n) is 14.9. The van der Waals surface area contributed by atoms with Gasteiger partial charge in [-0.25, -0.2) is 4.79 Å². The maximum atomic E-state index is 13.6. The summed E-state index contributed by atoms with van der Waals surface area (Å²) in [5, 5.41) is 8.79. The summed E-state index contributed by atoms with van der Waals surface area (Å²) < 4.78 is 11.0. The van der Waals surface area contributed by atoms with Crippen molar-refractivity contribution >= 4 is 34.7 Å². The van der Waals surface area contributed by atoms with E-state index in [1.807, 2.05) is 67.6 Å². The van der Waals surface area contributed by atoms with Crippen molar-refractivity contribution in [3.05, 3.63) is 108 Å². The molecule has 0 saturated carbocycles. The fraction of sp³-hybridized carbons (Fsp3) is 0.257. The molecule has 0 aliphatic carbocycles. The molecule has 3 N–H and O–H groups in total. The third-order valence-electron chi connectivity index (χ3n) is 7.51. The molecular formula is C35H39N5O4. The number of piperazine rings is 1. The largest absolute Gasteiger partial charge is 0.495 e. The van der Waals surface area contributed by atoms with Crippen molar-refractivity contribution in [3.63, 3.8) is 0 Å². The Bertz CT molecular complexity index is 1540. The molecule has 1 heterocycles. The minimum atomic E-state index is -0.400. The minimum Gasteiger partial charge on any atom is -0.495 e. The summed E-state index contributed by atoms with van der Waals surface area (Å²) in [6.45, 7) is 6.01. The normalized spacial score (nSPS) is 12.8. The number of hydrogen-bond donors (Lipinski definition) is 3. The van der Waals surface area contributed by atoms with Crippen LogP contribution < -0.4 is 35.2 Å². The monoisotopic (exact) mass is 593 g/mol. The van der Waals surface area contributed by atoms with Gasteiger partial charge in [0.2, 0.25) is 0 Å². The second-order valence-corrected chi connectivity index (χ2v) is 10.4. The van der Waals surface area contributed by atoms with E-state index in [1.165, 1.54) is 0 Å². The molecule has 0 unspecified atom stereocenters. The standard InChI is InChI=1S/C35H39N5O4/c1-3-44-29-16-13-27(14-17-29)37-35(42)38-28-15-18-31(30(25-28)34(41)36-20-19-26-9-5-4-6-10-26)39-21-23-40(24-22-39)32-11-7-8-12-33(32)43-2/h4-18,25H,3,19-24H2,1-2H3,(H,36,41)(H2,37,38,42). The minimum absolute atomic E-state index is 0.182. The average molecular weight is 594 g/mol. The molecule has 0 bridgehead atoms. The number of anilines is 4. The Morgan fingerprint density at radius 1 is 0.750 bits per heavy atom. The van der Waals surface area contributed by atoms with Gasteiger partial charge in [-0.2, -0.15) is 0 Å². The Balaban J connectivity index is 1.29. The Morgan fingerprint density at radius 2 is 1.39 bits per heavy atom. The van der Waals surface area contributed by atoms with E-state index in [9.17, 15) is 9.59 Å². The number of rotatable bonds is 11. The van der Waals surface area contributed by atoms with Crippen LogP contribution in [-0.2, 0) is 6.42 Å². The Labute approximate surface area is 258 Å². The van der Waals surface area contributed by atoms with Crippen molar-refractivity contribution in [2.75, 3.05) is 66.9 Å². The van der Waals surface area contributed by atoms with Gasteiger partial charge in [-0.1, -0.05) is 42.5 Å². The van der Waals surface area contributed by atoms with Crippen LogP contribution in [0.25, 0.3) is 0 Å². The van der Waals surface area contributed by atoms with Gasteiger partial charge in [0.1, 0.15) is 11.5 Å². The Kier molecular flexibility index (Phi) is 10.2. The summed E-state index contributed by atoms with van der Waals surface area (Å²) in [5.41, 5.74) is 4.72. The Morgan fingerprint density at radius 3 is 2.09 bits per heavy atom. The van der Waals surface area contributed by atoms with Crippen LogP contribution in [0.3, 0.4) is 0 Å². The molecule has 3 amide bonds. The first-order chi connectivity index (χ1) is 21.5. The van der Waals surface area contributed by atoms with Crippen LogP contribution in [0.2, 0.25) is 0 Å². The second kappa shape index (κ2) is 14.8. The molecular weight excluding hydrogens is 554 g/mol. The number of carbonyl (C=O) groups excluding carboxylic acids is 2. The van der Waals surface area contributed by atoms with Crippen LogP contribution >= 0.6 is 0 Å². The van der Waals surface area contributed by atoms with Crippen LogP contribution in [0.15, 0.2) is 97.1 Å². The fourth-order valence-electron chi connectivity index (χ4n) is 5.31. The quantitative estimate of drug-likeness (QED) is 0.196. The van der Waals surface area contributed by atoms with E-state index < -0.39 is 6.03 Å². The molecule has 0 radical (unpaired) electrons. The number of hydrogen-bond acceptors (Lipinski definition) is 6. The summed E-state index contributed by atoms with van der Waals surface area (Å²) in [6, 6.07) is 30.3. The number of benzene rings is 4. The topological polar surface area (TPSA) is 95.2 Å². The highest BCUT2D eigenvalue weighted by Gasteiger charge is 2.24. The molecule has 0 aromatic heterocycles. The lowest BCUT2D eigenvalue weighted by atomic mass is 10.1. The van der Waals surface area contributed by atoms with Crippen LogP contribution in [0, 0.1) is 0 Å². The third kappa shape index (κ3) is 7.80. The van der Waals surface area contributed by atoms with E-state index in [0.29, 0.717) is 30.1 Å². The van der Waals surface area contributed by atoms with Gasteiger partial charge in [0, 0.05) is 49.8 Å². The van der Waals surface area contributed by atoms with E-state index in [1.54, 1.807) is 37.4 Å². The van der Waals surface area contributed by atoms with Crippen molar-refractivity contribution in [2.24, 2.45) is 0 Å². The van der Waals surface area contributed by atoms with Crippen LogP contribution in [0.5, 0.6) is 11.5 Å². The van der Waals surface area contributed by atoms with Crippen molar-refractivity contribution < 1.29 is 19.1 Å². The van der Waals surface area contributed by atoms with Gasteiger partial charge in [-0.3, -0.25) is 4.79 Å². The predicted molar refractivity (Wildman–Crippen MR) is 177 cm³/mol. The van der Waals surface area contributed by atoms with Gasteiger partial charge >= 0.3 is 6.03 Å². The number of amides is 3. The molecule has 0 spiro atoms. The highest BCUT2D eigenvalue weighted by Crippen LogP contribution is 2.31. The van der Waals surface area contributed by atoms with Crippen molar-refractivity contribution in [1.82, 2.24) is 5.32 Å². The lowest BCUT2D eigenvalue weighted by Gasteiger charge is -2.38. The van der Waals surface area contributed by atoms with Crippen LogP contribution in [-0.4, -0.2) is 58.4 Å². The summed E-state index contributed by atoms with van der Waals surface area (Å²) in [5.74, 6) is 1.40. The molecule has 1 saturated heterocycles. The van der Waals surface area contributed by atoms with E-state index in [4.69, 9.17) is 9.47 Å². The van der Waals surface area contributed by atoms with Crippen molar-refractivity contribution in [3.8, 4) is 11.5 Å². The number of urea groups is 1. The van der Waals surface area contributed by atoms with Gasteiger partial charge < -0.3 is 35.2 Å². The zero-order valence-electron chi connectivity index (χ0n) is 25.2. The Hall–Kier alpha value is -5.18. The highest BCUT2D eigenvalue weighted by molar-refractivity contribution is 6.04. The molecule has 1 aliphatic rings. The lowest BCUT2D eigenvalue weighted by molar-refractivity contribution is 0.0954. The number of ether oxygens (including phenoxy) is 2. The molecule has 1 fully saturated rings. The average Bonchev–Trinajstić information content (AvgIpc) is 3.06. The number of methoxy groups -OCH3 is 1. The van der Waals surface area contributed by atoms with Gasteiger partial charge in [0.05, 0.1) is 25.0 Å². The van der Waals surface area contributed by atoms with Gasteiger partial charge in [-0.15, -0.1) is 0 Å². The molecule has 9 heteroatoms. The van der Waals surface area contributed by atoms with Gasteiger partial charge in [-0.05, 0) is 73.5 Å². The zero-order chi connectivity index (χ0) is 30.7. The van der Waals surface area contributed by atoms with Crippen molar-refractivity contribution in [1.29, 1.82) is 0 Å². The molecule has 4 aromatic rings. The summed E-state index contributed by atoms with van der Waals surface area (Å²) in [6.07, 6.45) is 0.724. The molecule has 4 aromatic carbocycles. The number of nitrogens with one attached hydrogen (secondary N) is 3. The third-order valence-corrected chi connectivity index (χ3v) is 7.51. The summed E-state index contributed by atoms with van der Waals surface area (Å²) >= 11 is 0. The zero-order valence-corrected chi connectivity index (χ0v) is 25.2. The molecule has 9 nitrogen and oxygen atoms in total. The summed E-state index contributed by atoms with van der Waals surface area (Å²) in [7, 11) is 1.69. The molecule has 0 atom stereocenters. The summed E-state index contributed by atoms with van der Waals surface area (Å²) in [4.78, 5) is 30.9. The highest BCUT2D eigenvalue weighted by atomic mass is 16.5. The maximum absolute atomic E-state index is 13.6. The first-order valence-corrected chi connectivity index (χ1v) is 14.9. The first kappa shape index (κ1) is 30.3. The lowest BCUT2D eigenvalue weighted by Crippen LogP contribution is -2.47. The molecule has 5 rings (SSSR count). The SMILES string of the molecule is CCOc1ccc(NC(=O)Nc2ccc(N3CCN(c4ccccc4OC)CC3)c(C(=O)NCCc3ccccc3)c2)cc1. The number of nitrogens with zero attached hydrogens (tertiary/aromatic N) is 2. The predicted octanol–water partition coefficient (Wildman–Crippen LogP) is 6.04.